The highest BCUT2D eigenvalue weighted by Crippen LogP contribution is 2.24. The highest BCUT2D eigenvalue weighted by atomic mass is 16.5. The van der Waals surface area contributed by atoms with Crippen molar-refractivity contribution in [3.05, 3.63) is 47.5 Å². The fourth-order valence-electron chi connectivity index (χ4n) is 2.70. The van der Waals surface area contributed by atoms with Crippen molar-refractivity contribution in [2.45, 2.75) is 46.3 Å². The molecule has 4 nitrogen and oxygen atoms in total. The summed E-state index contributed by atoms with van der Waals surface area (Å²) in [5.74, 6) is -0.270. The molecule has 0 bridgehead atoms. The molecule has 134 valence electrons. The maximum atomic E-state index is 11.3. The summed E-state index contributed by atoms with van der Waals surface area (Å²) in [4.78, 5) is 11.3. The quantitative estimate of drug-likeness (QED) is 0.523. The van der Waals surface area contributed by atoms with Crippen LogP contribution in [0.4, 0.5) is 0 Å². The van der Waals surface area contributed by atoms with Crippen LogP contribution in [0.25, 0.3) is 0 Å². The zero-order valence-electron chi connectivity index (χ0n) is 15.2. The Morgan fingerprint density at radius 2 is 1.92 bits per heavy atom. The third kappa shape index (κ3) is 6.85. The number of benzene rings is 1. The van der Waals surface area contributed by atoms with E-state index in [9.17, 15) is 9.90 Å². The van der Waals surface area contributed by atoms with Crippen LogP contribution in [0.2, 0.25) is 0 Å². The lowest BCUT2D eigenvalue weighted by atomic mass is 9.86. The molecule has 1 rings (SSSR count). The van der Waals surface area contributed by atoms with Gasteiger partial charge in [-0.3, -0.25) is 4.79 Å². The van der Waals surface area contributed by atoms with Gasteiger partial charge in [0.05, 0.1) is 32.8 Å². The second-order valence-corrected chi connectivity index (χ2v) is 6.17. The van der Waals surface area contributed by atoms with Crippen molar-refractivity contribution in [2.24, 2.45) is 11.8 Å². The highest BCUT2D eigenvalue weighted by Gasteiger charge is 2.23. The van der Waals surface area contributed by atoms with Gasteiger partial charge < -0.3 is 14.6 Å². The smallest absolute Gasteiger partial charge is 0.309 e. The Hall–Kier alpha value is -1.65. The minimum absolute atomic E-state index is 0.0109. The molecule has 0 aliphatic heterocycles. The van der Waals surface area contributed by atoms with E-state index in [1.165, 1.54) is 7.11 Å². The van der Waals surface area contributed by atoms with Gasteiger partial charge in [0.1, 0.15) is 0 Å². The molecule has 1 aromatic carbocycles. The van der Waals surface area contributed by atoms with Crippen LogP contribution >= 0.6 is 0 Å². The maximum absolute atomic E-state index is 11.3. The van der Waals surface area contributed by atoms with Crippen molar-refractivity contribution in [1.29, 1.82) is 0 Å². The number of methoxy groups -OCH3 is 1. The van der Waals surface area contributed by atoms with Gasteiger partial charge in [-0.05, 0) is 12.0 Å². The minimum Gasteiger partial charge on any atom is -0.469 e. The summed E-state index contributed by atoms with van der Waals surface area (Å²) in [7, 11) is 1.38. The average molecular weight is 334 g/mol. The SMILES string of the molecule is CC/C(=C\CC(=O)OC)[C@H](C)[C@@H](O)[C@@H](C)COCc1ccccc1. The van der Waals surface area contributed by atoms with Crippen molar-refractivity contribution in [2.75, 3.05) is 13.7 Å². The van der Waals surface area contributed by atoms with Crippen LogP contribution in [-0.4, -0.2) is 30.9 Å². The lowest BCUT2D eigenvalue weighted by molar-refractivity contribution is -0.139. The molecule has 24 heavy (non-hydrogen) atoms. The summed E-state index contributed by atoms with van der Waals surface area (Å²) in [5, 5.41) is 10.6. The zero-order valence-corrected chi connectivity index (χ0v) is 15.2. The summed E-state index contributed by atoms with van der Waals surface area (Å²) < 4.78 is 10.4. The molecule has 0 amide bonds. The van der Waals surface area contributed by atoms with Gasteiger partial charge >= 0.3 is 5.97 Å². The molecule has 0 fully saturated rings. The Morgan fingerprint density at radius 1 is 1.25 bits per heavy atom. The Labute approximate surface area is 145 Å². The molecule has 0 heterocycles. The van der Waals surface area contributed by atoms with E-state index in [0.717, 1.165) is 17.6 Å². The van der Waals surface area contributed by atoms with Crippen LogP contribution in [0, 0.1) is 11.8 Å². The molecule has 0 aliphatic rings. The first-order valence-corrected chi connectivity index (χ1v) is 8.55. The van der Waals surface area contributed by atoms with Crippen molar-refractivity contribution in [1.82, 2.24) is 0 Å². The van der Waals surface area contributed by atoms with Crippen LogP contribution in [0.15, 0.2) is 42.0 Å². The maximum Gasteiger partial charge on any atom is 0.309 e. The Balaban J connectivity index is 2.49. The van der Waals surface area contributed by atoms with Crippen molar-refractivity contribution in [3.63, 3.8) is 0 Å². The number of ether oxygens (including phenoxy) is 2. The first-order chi connectivity index (χ1) is 11.5. The summed E-state index contributed by atoms with van der Waals surface area (Å²) >= 11 is 0. The summed E-state index contributed by atoms with van der Waals surface area (Å²) in [6.07, 6.45) is 2.41. The zero-order chi connectivity index (χ0) is 17.9. The lowest BCUT2D eigenvalue weighted by Crippen LogP contribution is -2.30. The van der Waals surface area contributed by atoms with Crippen molar-refractivity contribution in [3.8, 4) is 0 Å². The molecule has 0 aromatic heterocycles. The van der Waals surface area contributed by atoms with Crippen LogP contribution < -0.4 is 0 Å². The standard InChI is InChI=1S/C20H30O4/c1-5-18(11-12-19(21)23-4)16(3)20(22)15(2)13-24-14-17-9-7-6-8-10-17/h6-11,15-16,20,22H,5,12-14H2,1-4H3/b18-11+/t15-,16-,20-/m0/s1. The minimum atomic E-state index is -0.510. The molecule has 1 aromatic rings. The van der Waals surface area contributed by atoms with Gasteiger partial charge in [-0.1, -0.05) is 62.8 Å². The third-order valence-corrected chi connectivity index (χ3v) is 4.34. The molecule has 3 atom stereocenters. The molecule has 0 saturated carbocycles. The van der Waals surface area contributed by atoms with E-state index in [-0.39, 0.29) is 24.2 Å². The van der Waals surface area contributed by atoms with E-state index >= 15 is 0 Å². The Morgan fingerprint density at radius 3 is 2.50 bits per heavy atom. The van der Waals surface area contributed by atoms with E-state index in [4.69, 9.17) is 4.74 Å². The topological polar surface area (TPSA) is 55.8 Å². The molecule has 1 N–H and O–H groups in total. The summed E-state index contributed by atoms with van der Waals surface area (Å²) in [5.41, 5.74) is 2.20. The van der Waals surface area contributed by atoms with Gasteiger partial charge in [0, 0.05) is 11.8 Å². The van der Waals surface area contributed by atoms with Gasteiger partial charge in [-0.2, -0.15) is 0 Å². The molecule has 0 unspecified atom stereocenters. The molecule has 0 aliphatic carbocycles. The number of hydrogen-bond acceptors (Lipinski definition) is 4. The van der Waals surface area contributed by atoms with Gasteiger partial charge in [0.15, 0.2) is 0 Å². The summed E-state index contributed by atoms with van der Waals surface area (Å²) in [6, 6.07) is 9.99. The van der Waals surface area contributed by atoms with Crippen LogP contribution in [0.3, 0.4) is 0 Å². The second kappa shape index (κ2) is 11.0. The van der Waals surface area contributed by atoms with Gasteiger partial charge in [0.25, 0.3) is 0 Å². The van der Waals surface area contributed by atoms with Gasteiger partial charge in [-0.15, -0.1) is 0 Å². The molecular formula is C20H30O4. The fraction of sp³-hybridized carbons (Fsp3) is 0.550. The molecule has 0 saturated heterocycles. The van der Waals surface area contributed by atoms with E-state index in [1.807, 2.05) is 57.2 Å². The number of hydrogen-bond donors (Lipinski definition) is 1. The number of carbonyl (C=O) groups is 1. The number of carbonyl (C=O) groups excluding carboxylic acids is 1. The van der Waals surface area contributed by atoms with Crippen molar-refractivity contribution < 1.29 is 19.4 Å². The first-order valence-electron chi connectivity index (χ1n) is 8.55. The van der Waals surface area contributed by atoms with Gasteiger partial charge in [0.2, 0.25) is 0 Å². The first kappa shape index (κ1) is 20.4. The molecule has 0 spiro atoms. The van der Waals surface area contributed by atoms with Crippen LogP contribution in [0.5, 0.6) is 0 Å². The number of aliphatic hydroxyl groups is 1. The predicted octanol–water partition coefficient (Wildman–Crippen LogP) is 3.74. The average Bonchev–Trinajstić information content (AvgIpc) is 2.61. The van der Waals surface area contributed by atoms with Gasteiger partial charge in [-0.25, -0.2) is 0 Å². The summed E-state index contributed by atoms with van der Waals surface area (Å²) in [6.45, 7) is 7.05. The molecule has 4 heteroatoms. The van der Waals surface area contributed by atoms with E-state index in [1.54, 1.807) is 0 Å². The normalized spacial score (nSPS) is 15.6. The second-order valence-electron chi connectivity index (χ2n) is 6.17. The van der Waals surface area contributed by atoms with Crippen LogP contribution in [-0.2, 0) is 20.9 Å². The number of esters is 1. The highest BCUT2D eigenvalue weighted by molar-refractivity contribution is 5.71. The number of aliphatic hydroxyl groups excluding tert-OH is 1. The molecular weight excluding hydrogens is 304 g/mol. The van der Waals surface area contributed by atoms with E-state index < -0.39 is 6.10 Å². The largest absolute Gasteiger partial charge is 0.469 e. The fourth-order valence-corrected chi connectivity index (χ4v) is 2.70. The molecule has 0 radical (unpaired) electrons. The number of rotatable bonds is 10. The Kier molecular flexibility index (Phi) is 9.35. The predicted molar refractivity (Wildman–Crippen MR) is 95.4 cm³/mol. The lowest BCUT2D eigenvalue weighted by Gasteiger charge is -2.26. The third-order valence-electron chi connectivity index (χ3n) is 4.34. The van der Waals surface area contributed by atoms with E-state index in [2.05, 4.69) is 4.74 Å². The Bertz CT molecular complexity index is 510. The van der Waals surface area contributed by atoms with Crippen LogP contribution in [0.1, 0.15) is 39.2 Å². The monoisotopic (exact) mass is 334 g/mol. The van der Waals surface area contributed by atoms with E-state index in [0.29, 0.717) is 13.2 Å². The van der Waals surface area contributed by atoms with Crippen molar-refractivity contribution >= 4 is 5.97 Å².